The van der Waals surface area contributed by atoms with Gasteiger partial charge in [0.2, 0.25) is 10.0 Å². The molecule has 0 bridgehead atoms. The highest BCUT2D eigenvalue weighted by atomic mass is 32.2. The molecule has 0 heterocycles. The van der Waals surface area contributed by atoms with Crippen LogP contribution in [0.25, 0.3) is 0 Å². The van der Waals surface area contributed by atoms with E-state index in [-0.39, 0.29) is 11.5 Å². The van der Waals surface area contributed by atoms with Gasteiger partial charge in [-0.25, -0.2) is 13.1 Å². The number of hydrogen-bond acceptors (Lipinski definition) is 6. The van der Waals surface area contributed by atoms with Crippen LogP contribution in [-0.4, -0.2) is 39.6 Å². The maximum atomic E-state index is 12.4. The second kappa shape index (κ2) is 6.37. The zero-order valence-corrected chi connectivity index (χ0v) is 13.2. The van der Waals surface area contributed by atoms with Crippen LogP contribution in [0.1, 0.15) is 13.8 Å². The van der Waals surface area contributed by atoms with Gasteiger partial charge in [-0.05, 0) is 26.0 Å². The molecule has 0 radical (unpaired) electrons. The molecule has 8 nitrogen and oxygen atoms in total. The number of benzene rings is 1. The maximum absolute atomic E-state index is 12.4. The van der Waals surface area contributed by atoms with Crippen LogP contribution in [0.5, 0.6) is 0 Å². The van der Waals surface area contributed by atoms with Crippen molar-refractivity contribution in [2.75, 3.05) is 26.1 Å². The van der Waals surface area contributed by atoms with Gasteiger partial charge < -0.3 is 10.1 Å². The third kappa shape index (κ3) is 4.38. The lowest BCUT2D eigenvalue weighted by Gasteiger charge is -2.24. The van der Waals surface area contributed by atoms with E-state index in [1.165, 1.54) is 25.3 Å². The number of hydrogen-bond donors (Lipinski definition) is 2. The predicted octanol–water partition coefficient (Wildman–Crippen LogP) is 1.34. The lowest BCUT2D eigenvalue weighted by Crippen LogP contribution is -2.46. The molecule has 0 amide bonds. The van der Waals surface area contributed by atoms with E-state index in [0.717, 1.165) is 0 Å². The summed E-state index contributed by atoms with van der Waals surface area (Å²) in [5, 5.41) is 13.8. The number of sulfonamides is 1. The molecule has 0 atom stereocenters. The second-order valence-corrected chi connectivity index (χ2v) is 6.76. The normalized spacial score (nSPS) is 12.2. The molecule has 0 saturated carbocycles. The lowest BCUT2D eigenvalue weighted by molar-refractivity contribution is -0.387. The quantitative estimate of drug-likeness (QED) is 0.580. The summed E-state index contributed by atoms with van der Waals surface area (Å²) in [5.41, 5.74) is -0.914. The van der Waals surface area contributed by atoms with Crippen molar-refractivity contribution in [3.63, 3.8) is 0 Å². The van der Waals surface area contributed by atoms with Crippen LogP contribution in [0.15, 0.2) is 23.1 Å². The number of nitro groups is 1. The third-order valence-electron chi connectivity index (χ3n) is 2.65. The van der Waals surface area contributed by atoms with Crippen molar-refractivity contribution in [3.05, 3.63) is 28.3 Å². The highest BCUT2D eigenvalue weighted by Gasteiger charge is 2.31. The molecule has 0 aliphatic heterocycles. The Labute approximate surface area is 123 Å². The molecule has 0 fully saturated rings. The molecule has 0 saturated heterocycles. The molecule has 1 aromatic rings. The average Bonchev–Trinajstić information content (AvgIpc) is 2.36. The molecule has 0 aromatic heterocycles. The Kier molecular flexibility index (Phi) is 5.26. The first-order valence-corrected chi connectivity index (χ1v) is 7.60. The van der Waals surface area contributed by atoms with Crippen LogP contribution in [0.2, 0.25) is 0 Å². The largest absolute Gasteiger partial charge is 0.388 e. The van der Waals surface area contributed by atoms with Crippen molar-refractivity contribution in [3.8, 4) is 0 Å². The number of anilines is 1. The lowest BCUT2D eigenvalue weighted by atomic mass is 10.1. The van der Waals surface area contributed by atoms with Crippen LogP contribution < -0.4 is 10.0 Å². The fourth-order valence-corrected chi connectivity index (χ4v) is 3.40. The Balaban J connectivity index is 3.28. The fourth-order valence-electron chi connectivity index (χ4n) is 1.85. The molecule has 1 aromatic carbocycles. The molecular formula is C12H19N3O5S. The van der Waals surface area contributed by atoms with Crippen molar-refractivity contribution in [2.24, 2.45) is 0 Å². The number of nitrogens with zero attached hydrogens (tertiary/aromatic N) is 1. The van der Waals surface area contributed by atoms with Crippen molar-refractivity contribution in [1.29, 1.82) is 0 Å². The van der Waals surface area contributed by atoms with Crippen LogP contribution >= 0.6 is 0 Å². The van der Waals surface area contributed by atoms with E-state index >= 15 is 0 Å². The van der Waals surface area contributed by atoms with Gasteiger partial charge in [0.15, 0.2) is 4.90 Å². The molecule has 118 valence electrons. The highest BCUT2D eigenvalue weighted by molar-refractivity contribution is 7.89. The molecular weight excluding hydrogens is 298 g/mol. The molecule has 1 rings (SSSR count). The number of ether oxygens (including phenoxy) is 1. The smallest absolute Gasteiger partial charge is 0.291 e. The molecule has 0 aliphatic carbocycles. The van der Waals surface area contributed by atoms with Gasteiger partial charge >= 0.3 is 0 Å². The summed E-state index contributed by atoms with van der Waals surface area (Å²) in [6.45, 7) is 3.39. The first-order chi connectivity index (χ1) is 9.63. The molecule has 21 heavy (non-hydrogen) atoms. The van der Waals surface area contributed by atoms with Gasteiger partial charge in [0.05, 0.1) is 17.1 Å². The average molecular weight is 317 g/mol. The Hall–Kier alpha value is -1.71. The molecule has 0 spiro atoms. The number of rotatable bonds is 7. The zero-order valence-electron chi connectivity index (χ0n) is 12.3. The topological polar surface area (TPSA) is 111 Å². The third-order valence-corrected chi connectivity index (χ3v) is 4.40. The van der Waals surface area contributed by atoms with Gasteiger partial charge in [-0.15, -0.1) is 0 Å². The van der Waals surface area contributed by atoms with Gasteiger partial charge in [0.1, 0.15) is 0 Å². The van der Waals surface area contributed by atoms with Crippen LogP contribution in [0.3, 0.4) is 0 Å². The Morgan fingerprint density at radius 3 is 2.48 bits per heavy atom. The van der Waals surface area contributed by atoms with Crippen LogP contribution in [0, 0.1) is 10.1 Å². The predicted molar refractivity (Wildman–Crippen MR) is 78.9 cm³/mol. The fraction of sp³-hybridized carbons (Fsp3) is 0.500. The Morgan fingerprint density at radius 2 is 2.00 bits per heavy atom. The van der Waals surface area contributed by atoms with Crippen molar-refractivity contribution in [2.45, 2.75) is 24.3 Å². The first kappa shape index (κ1) is 17.3. The summed E-state index contributed by atoms with van der Waals surface area (Å²) >= 11 is 0. The van der Waals surface area contributed by atoms with Crippen LogP contribution in [-0.2, 0) is 14.8 Å². The minimum Gasteiger partial charge on any atom is -0.388 e. The van der Waals surface area contributed by atoms with Gasteiger partial charge in [0.25, 0.3) is 5.69 Å². The van der Waals surface area contributed by atoms with E-state index in [2.05, 4.69) is 10.0 Å². The monoisotopic (exact) mass is 317 g/mol. The van der Waals surface area contributed by atoms with E-state index in [4.69, 9.17) is 4.74 Å². The first-order valence-electron chi connectivity index (χ1n) is 6.12. The van der Waals surface area contributed by atoms with E-state index in [1.807, 2.05) is 0 Å². The van der Waals surface area contributed by atoms with E-state index in [9.17, 15) is 18.5 Å². The molecule has 0 aliphatic rings. The number of nitrogens with one attached hydrogen (secondary N) is 2. The van der Waals surface area contributed by atoms with Gasteiger partial charge in [-0.3, -0.25) is 10.1 Å². The highest BCUT2D eigenvalue weighted by Crippen LogP contribution is 2.27. The summed E-state index contributed by atoms with van der Waals surface area (Å²) in [7, 11) is -1.01. The van der Waals surface area contributed by atoms with Crippen LogP contribution in [0.4, 0.5) is 11.4 Å². The molecule has 9 heteroatoms. The van der Waals surface area contributed by atoms with Crippen molar-refractivity contribution in [1.82, 2.24) is 4.72 Å². The number of nitro benzene ring substituents is 1. The van der Waals surface area contributed by atoms with Gasteiger partial charge in [0, 0.05) is 25.9 Å². The van der Waals surface area contributed by atoms with Gasteiger partial charge in [-0.2, -0.15) is 0 Å². The SMILES string of the molecule is CNc1ccc(S(=O)(=O)NC(C)(C)COC)c([N+](=O)[O-])c1. The zero-order chi connectivity index (χ0) is 16.3. The standard InChI is InChI=1S/C12H19N3O5S/c1-12(2,8-20-4)14-21(18,19)11-6-5-9(13-3)7-10(11)15(16)17/h5-7,13-14H,8H2,1-4H3. The summed E-state index contributed by atoms with van der Waals surface area (Å²) in [4.78, 5) is 9.99. The van der Waals surface area contributed by atoms with Gasteiger partial charge in [-0.1, -0.05) is 0 Å². The summed E-state index contributed by atoms with van der Waals surface area (Å²) in [6, 6.07) is 3.85. The van der Waals surface area contributed by atoms with E-state index in [0.29, 0.717) is 5.69 Å². The van der Waals surface area contributed by atoms with E-state index < -0.39 is 26.2 Å². The van der Waals surface area contributed by atoms with E-state index in [1.54, 1.807) is 20.9 Å². The summed E-state index contributed by atoms with van der Waals surface area (Å²) in [6.07, 6.45) is 0. The maximum Gasteiger partial charge on any atom is 0.291 e. The second-order valence-electron chi connectivity index (χ2n) is 5.11. The summed E-state index contributed by atoms with van der Waals surface area (Å²) in [5.74, 6) is 0. The summed E-state index contributed by atoms with van der Waals surface area (Å²) < 4.78 is 32.0. The Morgan fingerprint density at radius 1 is 1.38 bits per heavy atom. The minimum absolute atomic E-state index is 0.134. The Bertz CT molecular complexity index is 628. The minimum atomic E-state index is -4.04. The molecule has 2 N–H and O–H groups in total. The van der Waals surface area contributed by atoms with Crippen molar-refractivity contribution < 1.29 is 18.1 Å². The van der Waals surface area contributed by atoms with Crippen molar-refractivity contribution >= 4 is 21.4 Å². The number of methoxy groups -OCH3 is 1. The molecule has 0 unspecified atom stereocenters.